The minimum atomic E-state index is -0.160. The van der Waals surface area contributed by atoms with E-state index < -0.39 is 0 Å². The number of rotatable bonds is 3. The molecule has 5 heteroatoms. The molecule has 3 rings (SSSR count). The third-order valence-electron chi connectivity index (χ3n) is 3.36. The fourth-order valence-electron chi connectivity index (χ4n) is 2.33. The van der Waals surface area contributed by atoms with Gasteiger partial charge in [0.2, 0.25) is 0 Å². The summed E-state index contributed by atoms with van der Waals surface area (Å²) < 4.78 is 5.24. The summed E-state index contributed by atoms with van der Waals surface area (Å²) in [6, 6.07) is 10.4. The van der Waals surface area contributed by atoms with Crippen LogP contribution in [0, 0.1) is 0 Å². The molecule has 0 saturated carbocycles. The molecule has 0 radical (unpaired) electrons. The van der Waals surface area contributed by atoms with Gasteiger partial charge in [-0.05, 0) is 36.4 Å². The summed E-state index contributed by atoms with van der Waals surface area (Å²) in [5, 5.41) is 1.35. The number of hydrogen-bond acceptors (Lipinski definition) is 3. The molecule has 4 nitrogen and oxygen atoms in total. The molecule has 0 spiro atoms. The van der Waals surface area contributed by atoms with Gasteiger partial charge in [-0.25, -0.2) is 0 Å². The summed E-state index contributed by atoms with van der Waals surface area (Å²) in [5.41, 5.74) is 8.10. The summed E-state index contributed by atoms with van der Waals surface area (Å²) >= 11 is 6.01. The van der Waals surface area contributed by atoms with E-state index in [1.54, 1.807) is 36.5 Å². The van der Waals surface area contributed by atoms with Crippen LogP contribution in [0.3, 0.4) is 0 Å². The van der Waals surface area contributed by atoms with Crippen LogP contribution in [0.2, 0.25) is 5.02 Å². The molecule has 1 heterocycles. The van der Waals surface area contributed by atoms with Gasteiger partial charge in [0, 0.05) is 33.4 Å². The Balaban J connectivity index is 2.17. The van der Waals surface area contributed by atoms with Crippen molar-refractivity contribution in [1.29, 1.82) is 0 Å². The second kappa shape index (κ2) is 5.14. The first-order chi connectivity index (χ1) is 10.1. The zero-order chi connectivity index (χ0) is 15.0. The molecule has 1 aromatic heterocycles. The summed E-state index contributed by atoms with van der Waals surface area (Å²) in [7, 11) is 1.52. The number of halogens is 1. The summed E-state index contributed by atoms with van der Waals surface area (Å²) in [5.74, 6) is 0.332. The number of aromatic amines is 1. The lowest BCUT2D eigenvalue weighted by Gasteiger charge is -2.08. The third-order valence-corrected chi connectivity index (χ3v) is 3.59. The Morgan fingerprint density at radius 2 is 2.00 bits per heavy atom. The molecule has 0 saturated heterocycles. The number of ketones is 1. The number of methoxy groups -OCH3 is 1. The Kier molecular flexibility index (Phi) is 3.31. The number of nitrogens with one attached hydrogen (secondary N) is 1. The van der Waals surface area contributed by atoms with Crippen molar-refractivity contribution >= 4 is 34.0 Å². The van der Waals surface area contributed by atoms with Crippen molar-refractivity contribution in [1.82, 2.24) is 4.98 Å². The first kappa shape index (κ1) is 13.5. The van der Waals surface area contributed by atoms with Gasteiger partial charge < -0.3 is 15.5 Å². The van der Waals surface area contributed by atoms with Gasteiger partial charge in [-0.15, -0.1) is 0 Å². The van der Waals surface area contributed by atoms with Crippen LogP contribution in [-0.2, 0) is 0 Å². The van der Waals surface area contributed by atoms with Crippen molar-refractivity contribution < 1.29 is 9.53 Å². The lowest BCUT2D eigenvalue weighted by atomic mass is 10.0. The standard InChI is InChI=1S/C16H13ClN2O2/c1-21-15-5-3-10(18)7-12(15)16(20)13-8-19-14-4-2-9(17)6-11(13)14/h2-8,19H,18H2,1H3. The van der Waals surface area contributed by atoms with Crippen LogP contribution in [0.15, 0.2) is 42.6 Å². The number of anilines is 1. The maximum atomic E-state index is 12.8. The Bertz CT molecular complexity index is 839. The molecule has 21 heavy (non-hydrogen) atoms. The van der Waals surface area contributed by atoms with E-state index in [4.69, 9.17) is 22.1 Å². The maximum Gasteiger partial charge on any atom is 0.198 e. The molecule has 0 atom stereocenters. The lowest BCUT2D eigenvalue weighted by Crippen LogP contribution is -2.04. The van der Waals surface area contributed by atoms with Crippen LogP contribution < -0.4 is 10.5 Å². The van der Waals surface area contributed by atoms with E-state index in [1.165, 1.54) is 7.11 Å². The van der Waals surface area contributed by atoms with Crippen LogP contribution >= 0.6 is 11.6 Å². The minimum absolute atomic E-state index is 0.160. The highest BCUT2D eigenvalue weighted by molar-refractivity contribution is 6.31. The molecular weight excluding hydrogens is 288 g/mol. The number of fused-ring (bicyclic) bond motifs is 1. The summed E-state index contributed by atoms with van der Waals surface area (Å²) in [6.45, 7) is 0. The van der Waals surface area contributed by atoms with Crippen molar-refractivity contribution in [2.75, 3.05) is 12.8 Å². The van der Waals surface area contributed by atoms with E-state index in [0.29, 0.717) is 27.6 Å². The molecule has 0 aliphatic heterocycles. The van der Waals surface area contributed by atoms with Crippen LogP contribution in [0.25, 0.3) is 10.9 Å². The van der Waals surface area contributed by atoms with E-state index in [9.17, 15) is 4.79 Å². The number of nitrogen functional groups attached to an aromatic ring is 1. The molecule has 2 aromatic carbocycles. The van der Waals surface area contributed by atoms with Gasteiger partial charge in [-0.2, -0.15) is 0 Å². The quantitative estimate of drug-likeness (QED) is 0.573. The second-order valence-electron chi connectivity index (χ2n) is 4.68. The van der Waals surface area contributed by atoms with Crippen LogP contribution in [0.1, 0.15) is 15.9 Å². The van der Waals surface area contributed by atoms with Gasteiger partial charge in [-0.1, -0.05) is 11.6 Å². The largest absolute Gasteiger partial charge is 0.496 e. The highest BCUT2D eigenvalue weighted by Gasteiger charge is 2.18. The van der Waals surface area contributed by atoms with Gasteiger partial charge in [0.15, 0.2) is 5.78 Å². The van der Waals surface area contributed by atoms with Crippen LogP contribution in [-0.4, -0.2) is 17.9 Å². The first-order valence-corrected chi connectivity index (χ1v) is 6.73. The van der Waals surface area contributed by atoms with Crippen molar-refractivity contribution in [3.05, 3.63) is 58.7 Å². The summed E-state index contributed by atoms with van der Waals surface area (Å²) in [4.78, 5) is 15.8. The third kappa shape index (κ3) is 2.34. The van der Waals surface area contributed by atoms with Crippen LogP contribution in [0.5, 0.6) is 5.75 Å². The van der Waals surface area contributed by atoms with Crippen molar-refractivity contribution in [2.45, 2.75) is 0 Å². The van der Waals surface area contributed by atoms with Gasteiger partial charge in [0.1, 0.15) is 5.75 Å². The zero-order valence-corrected chi connectivity index (χ0v) is 12.1. The van der Waals surface area contributed by atoms with Crippen LogP contribution in [0.4, 0.5) is 5.69 Å². The second-order valence-corrected chi connectivity index (χ2v) is 5.12. The molecule has 0 aliphatic carbocycles. The number of hydrogen-bond donors (Lipinski definition) is 2. The van der Waals surface area contributed by atoms with Gasteiger partial charge in [0.25, 0.3) is 0 Å². The predicted molar refractivity (Wildman–Crippen MR) is 84.1 cm³/mol. The fraction of sp³-hybridized carbons (Fsp3) is 0.0625. The molecule has 0 amide bonds. The van der Waals surface area contributed by atoms with Crippen molar-refractivity contribution in [3.63, 3.8) is 0 Å². The van der Waals surface area contributed by atoms with Gasteiger partial charge in [-0.3, -0.25) is 4.79 Å². The monoisotopic (exact) mass is 300 g/mol. The Hall–Kier alpha value is -2.46. The Labute approximate surface area is 126 Å². The number of nitrogens with two attached hydrogens (primary N) is 1. The molecule has 0 bridgehead atoms. The number of ether oxygens (including phenoxy) is 1. The highest BCUT2D eigenvalue weighted by atomic mass is 35.5. The number of carbonyl (C=O) groups is 1. The first-order valence-electron chi connectivity index (χ1n) is 6.35. The molecular formula is C16H13ClN2O2. The SMILES string of the molecule is COc1ccc(N)cc1C(=O)c1c[nH]c2ccc(Cl)cc12. The number of H-pyrrole nitrogens is 1. The van der Waals surface area contributed by atoms with E-state index in [1.807, 2.05) is 6.07 Å². The highest BCUT2D eigenvalue weighted by Crippen LogP contribution is 2.28. The average Bonchev–Trinajstić information content (AvgIpc) is 2.89. The van der Waals surface area contributed by atoms with Gasteiger partial charge >= 0.3 is 0 Å². The molecule has 0 fully saturated rings. The fourth-order valence-corrected chi connectivity index (χ4v) is 2.50. The molecule has 0 unspecified atom stereocenters. The lowest BCUT2D eigenvalue weighted by molar-refractivity contribution is 0.103. The van der Waals surface area contributed by atoms with E-state index >= 15 is 0 Å². The molecule has 106 valence electrons. The number of aromatic nitrogens is 1. The molecule has 3 N–H and O–H groups in total. The Morgan fingerprint density at radius 1 is 1.19 bits per heavy atom. The van der Waals surface area contributed by atoms with Crippen molar-refractivity contribution in [3.8, 4) is 5.75 Å². The minimum Gasteiger partial charge on any atom is -0.496 e. The maximum absolute atomic E-state index is 12.8. The van der Waals surface area contributed by atoms with Gasteiger partial charge in [0.05, 0.1) is 12.7 Å². The normalized spacial score (nSPS) is 10.8. The van der Waals surface area contributed by atoms with E-state index in [-0.39, 0.29) is 5.78 Å². The topological polar surface area (TPSA) is 68.1 Å². The number of benzene rings is 2. The number of carbonyl (C=O) groups excluding carboxylic acids is 1. The molecule has 3 aromatic rings. The smallest absolute Gasteiger partial charge is 0.198 e. The predicted octanol–water partition coefficient (Wildman–Crippen LogP) is 3.64. The summed E-state index contributed by atoms with van der Waals surface area (Å²) in [6.07, 6.45) is 1.67. The van der Waals surface area contributed by atoms with E-state index in [2.05, 4.69) is 4.98 Å². The van der Waals surface area contributed by atoms with E-state index in [0.717, 1.165) is 10.9 Å². The van der Waals surface area contributed by atoms with Crippen molar-refractivity contribution in [2.24, 2.45) is 0 Å². The average molecular weight is 301 g/mol. The Morgan fingerprint density at radius 3 is 2.76 bits per heavy atom. The zero-order valence-electron chi connectivity index (χ0n) is 11.3. The molecule has 0 aliphatic rings.